The van der Waals surface area contributed by atoms with E-state index in [0.29, 0.717) is 0 Å². The van der Waals surface area contributed by atoms with Crippen molar-refractivity contribution in [1.29, 1.82) is 0 Å². The third kappa shape index (κ3) is 5.60. The molecular formula is C26H33Br2N2P. The highest BCUT2D eigenvalue weighted by Crippen LogP contribution is 2.56. The number of nitrogens with zero attached hydrogens (tertiary/aromatic N) is 2. The quantitative estimate of drug-likeness (QED) is 0.422. The maximum absolute atomic E-state index is 2.56. The lowest BCUT2D eigenvalue weighted by Crippen LogP contribution is -3.00. The first-order valence-corrected chi connectivity index (χ1v) is 12.7. The molecular weight excluding hydrogens is 531 g/mol. The molecule has 3 aromatic carbocycles. The van der Waals surface area contributed by atoms with Crippen LogP contribution in [0.5, 0.6) is 0 Å². The fraction of sp³-hybridized carbons (Fsp3) is 0.308. The van der Waals surface area contributed by atoms with Crippen LogP contribution < -0.4 is 37.8 Å². The van der Waals surface area contributed by atoms with E-state index >= 15 is 0 Å². The fourth-order valence-corrected chi connectivity index (χ4v) is 8.92. The molecule has 31 heavy (non-hydrogen) atoms. The molecule has 0 aromatic heterocycles. The van der Waals surface area contributed by atoms with Gasteiger partial charge in [-0.1, -0.05) is 49.4 Å². The summed E-state index contributed by atoms with van der Waals surface area (Å²) >= 11 is 0. The van der Waals surface area contributed by atoms with Crippen LogP contribution in [0, 0.1) is 0 Å². The van der Waals surface area contributed by atoms with Crippen LogP contribution in [-0.2, 0) is 0 Å². The zero-order chi connectivity index (χ0) is 20.1. The van der Waals surface area contributed by atoms with E-state index in [9.17, 15) is 0 Å². The van der Waals surface area contributed by atoms with Crippen molar-refractivity contribution in [2.45, 2.75) is 13.3 Å². The van der Waals surface area contributed by atoms with E-state index < -0.39 is 7.26 Å². The first-order chi connectivity index (χ1) is 14.2. The predicted octanol–water partition coefficient (Wildman–Crippen LogP) is 1.72. The lowest BCUT2D eigenvalue weighted by molar-refractivity contribution is -0.00000589. The number of hydrogen-bond acceptors (Lipinski definition) is 2. The number of anilines is 1. The highest BCUT2D eigenvalue weighted by Gasteiger charge is 2.44. The second-order valence-electron chi connectivity index (χ2n) is 8.01. The van der Waals surface area contributed by atoms with Gasteiger partial charge >= 0.3 is 0 Å². The van der Waals surface area contributed by atoms with Gasteiger partial charge in [-0.25, -0.2) is 0 Å². The largest absolute Gasteiger partial charge is 1.00 e. The molecule has 166 valence electrons. The minimum Gasteiger partial charge on any atom is -1.00 e. The molecule has 1 aliphatic rings. The Morgan fingerprint density at radius 3 is 1.74 bits per heavy atom. The summed E-state index contributed by atoms with van der Waals surface area (Å²) in [7, 11) is 0.538. The molecule has 0 radical (unpaired) electrons. The maximum atomic E-state index is 2.56. The average molecular weight is 564 g/mol. The standard InChI is InChI=1S/C26H32N2P.2BrH/c1-3-21-29(24-12-6-4-7-13-24,25-14-8-5-9-15-25)26-16-10-11-23(22-26)28-19-17-27(2)18-20-28;;/h4-16,22H,3,17-21H2,1-2H3;2*1H/q+1;;/p-1. The van der Waals surface area contributed by atoms with Crippen LogP contribution in [0.4, 0.5) is 5.69 Å². The molecule has 1 fully saturated rings. The van der Waals surface area contributed by atoms with Crippen LogP contribution in [-0.4, -0.2) is 44.3 Å². The lowest BCUT2D eigenvalue weighted by Gasteiger charge is -2.35. The van der Waals surface area contributed by atoms with Crippen molar-refractivity contribution in [1.82, 2.24) is 4.90 Å². The van der Waals surface area contributed by atoms with Gasteiger partial charge in [0.05, 0.1) is 6.16 Å². The SMILES string of the molecule is Br.CCC[P+](c1ccccc1)(c1ccccc1)c1cccc(N2CCN(C)CC2)c1.[Br-]. The molecule has 0 aliphatic carbocycles. The summed E-state index contributed by atoms with van der Waals surface area (Å²) in [5.41, 5.74) is 1.38. The molecule has 4 rings (SSSR count). The Labute approximate surface area is 209 Å². The molecule has 0 amide bonds. The summed E-state index contributed by atoms with van der Waals surface area (Å²) in [5, 5.41) is 4.49. The van der Waals surface area contributed by atoms with Gasteiger partial charge in [0.25, 0.3) is 0 Å². The van der Waals surface area contributed by atoms with E-state index in [-0.39, 0.29) is 34.0 Å². The monoisotopic (exact) mass is 562 g/mol. The highest BCUT2D eigenvalue weighted by molar-refractivity contribution is 8.93. The molecule has 2 nitrogen and oxygen atoms in total. The van der Waals surface area contributed by atoms with Gasteiger partial charge < -0.3 is 26.8 Å². The summed E-state index contributed by atoms with van der Waals surface area (Å²) in [6, 6.07) is 31.9. The van der Waals surface area contributed by atoms with Gasteiger partial charge in [0.2, 0.25) is 0 Å². The van der Waals surface area contributed by atoms with Gasteiger partial charge in [-0.3, -0.25) is 0 Å². The lowest BCUT2D eigenvalue weighted by atomic mass is 10.2. The highest BCUT2D eigenvalue weighted by atomic mass is 79.9. The second-order valence-corrected chi connectivity index (χ2v) is 11.6. The van der Waals surface area contributed by atoms with Gasteiger partial charge in [0.15, 0.2) is 0 Å². The van der Waals surface area contributed by atoms with Crippen molar-refractivity contribution in [3.05, 3.63) is 84.9 Å². The molecule has 0 atom stereocenters. The molecule has 3 aromatic rings. The van der Waals surface area contributed by atoms with Crippen LogP contribution in [0.15, 0.2) is 84.9 Å². The van der Waals surface area contributed by atoms with Gasteiger partial charge in [-0.05, 0) is 49.9 Å². The topological polar surface area (TPSA) is 6.48 Å². The summed E-state index contributed by atoms with van der Waals surface area (Å²) in [6.07, 6.45) is 2.38. The zero-order valence-electron chi connectivity index (χ0n) is 18.5. The van der Waals surface area contributed by atoms with E-state index in [2.05, 4.69) is 109 Å². The van der Waals surface area contributed by atoms with Crippen molar-refractivity contribution >= 4 is 45.8 Å². The van der Waals surface area contributed by atoms with E-state index in [1.807, 2.05) is 0 Å². The second kappa shape index (κ2) is 12.2. The Morgan fingerprint density at radius 2 is 1.23 bits per heavy atom. The van der Waals surface area contributed by atoms with Crippen molar-refractivity contribution in [3.8, 4) is 0 Å². The van der Waals surface area contributed by atoms with Crippen LogP contribution >= 0.6 is 24.2 Å². The summed E-state index contributed by atoms with van der Waals surface area (Å²) < 4.78 is 0. The van der Waals surface area contributed by atoms with Crippen molar-refractivity contribution in [2.24, 2.45) is 0 Å². The molecule has 0 unspecified atom stereocenters. The smallest absolute Gasteiger partial charge is 0.112 e. The third-order valence-electron chi connectivity index (χ3n) is 6.09. The fourth-order valence-electron chi connectivity index (χ4n) is 4.53. The number of hydrogen-bond donors (Lipinski definition) is 0. The molecule has 1 aliphatic heterocycles. The minimum atomic E-state index is -1.68. The molecule has 0 spiro atoms. The third-order valence-corrected chi connectivity index (χ3v) is 10.7. The van der Waals surface area contributed by atoms with Crippen molar-refractivity contribution in [2.75, 3.05) is 44.3 Å². The summed E-state index contributed by atoms with van der Waals surface area (Å²) in [5.74, 6) is 0. The van der Waals surface area contributed by atoms with Crippen molar-refractivity contribution in [3.63, 3.8) is 0 Å². The van der Waals surface area contributed by atoms with Crippen molar-refractivity contribution < 1.29 is 17.0 Å². The Balaban J connectivity index is 0.00000171. The first-order valence-electron chi connectivity index (χ1n) is 10.8. The normalized spacial score (nSPS) is 14.5. The Hall–Kier alpha value is -1.19. The van der Waals surface area contributed by atoms with E-state index in [1.54, 1.807) is 0 Å². The van der Waals surface area contributed by atoms with Gasteiger partial charge in [-0.2, -0.15) is 0 Å². The summed E-state index contributed by atoms with van der Waals surface area (Å²) in [6.45, 7) is 6.81. The van der Waals surface area contributed by atoms with Crippen LogP contribution in [0.25, 0.3) is 0 Å². The van der Waals surface area contributed by atoms with E-state index in [4.69, 9.17) is 0 Å². The number of benzene rings is 3. The van der Waals surface area contributed by atoms with E-state index in [0.717, 1.165) is 26.2 Å². The van der Waals surface area contributed by atoms with Gasteiger partial charge in [-0.15, -0.1) is 17.0 Å². The molecule has 5 heteroatoms. The number of piperazine rings is 1. The first kappa shape index (κ1) is 26.1. The van der Waals surface area contributed by atoms with E-state index in [1.165, 1.54) is 34.2 Å². The minimum absolute atomic E-state index is 0. The molecule has 0 bridgehead atoms. The Bertz CT molecular complexity index is 873. The van der Waals surface area contributed by atoms with Crippen LogP contribution in [0.1, 0.15) is 13.3 Å². The number of likely N-dealkylation sites (N-methyl/N-ethyl adjacent to an activating group) is 1. The van der Waals surface area contributed by atoms with Gasteiger partial charge in [0, 0.05) is 37.9 Å². The molecule has 0 saturated carbocycles. The molecule has 1 saturated heterocycles. The Kier molecular flexibility index (Phi) is 10.2. The molecule has 1 heterocycles. The Morgan fingerprint density at radius 1 is 0.710 bits per heavy atom. The van der Waals surface area contributed by atoms with Crippen LogP contribution in [0.3, 0.4) is 0 Å². The molecule has 0 N–H and O–H groups in total. The maximum Gasteiger partial charge on any atom is 0.112 e. The van der Waals surface area contributed by atoms with Gasteiger partial charge in [0.1, 0.15) is 23.2 Å². The predicted molar refractivity (Wildman–Crippen MR) is 140 cm³/mol. The number of rotatable bonds is 6. The number of halogens is 2. The zero-order valence-corrected chi connectivity index (χ0v) is 22.6. The van der Waals surface area contributed by atoms with Crippen LogP contribution in [0.2, 0.25) is 0 Å². The summed E-state index contributed by atoms with van der Waals surface area (Å²) in [4.78, 5) is 4.97. The average Bonchev–Trinajstić information content (AvgIpc) is 2.79.